The van der Waals surface area contributed by atoms with Gasteiger partial charge in [-0.2, -0.15) is 0 Å². The SMILES string of the molecule is c1ccc(-c2ccc(-c3cc4c(c(-c5ccc(-c6ccccc6)cc5)n3)C3(c5ccccc5-4)c4pcccc4-n4c5ccccc5c5cccc3c54)cc2)cc1. The van der Waals surface area contributed by atoms with Gasteiger partial charge in [-0.3, -0.25) is 0 Å². The summed E-state index contributed by atoms with van der Waals surface area (Å²) in [7, 11) is 1.18. The molecule has 0 saturated carbocycles. The Morgan fingerprint density at radius 2 is 1.04 bits per heavy atom. The third-order valence-electron chi connectivity index (χ3n) is 12.1. The van der Waals surface area contributed by atoms with Crippen molar-refractivity contribution in [2.45, 2.75) is 5.41 Å². The average Bonchev–Trinajstić information content (AvgIpc) is 3.78. The van der Waals surface area contributed by atoms with E-state index in [1.54, 1.807) is 0 Å². The zero-order valence-corrected chi connectivity index (χ0v) is 31.3. The van der Waals surface area contributed by atoms with E-state index < -0.39 is 5.41 Å². The maximum atomic E-state index is 5.76. The first-order chi connectivity index (χ1) is 27.8. The van der Waals surface area contributed by atoms with E-state index in [0.29, 0.717) is 0 Å². The summed E-state index contributed by atoms with van der Waals surface area (Å²) in [5.41, 5.74) is 18.7. The standard InChI is InChI=1S/C53H33N2P/c1-3-13-34(14-4-1)36-24-28-38(29-25-36)46-33-43-40-17-7-9-20-44(40)53(49(43)50(54-46)39-30-26-37(27-31-39)35-15-5-2-6-16-35)45-21-11-19-42-41-18-8-10-22-47(41)55(51(42)45)48-23-12-32-56-52(48)53/h1-33H. The topological polar surface area (TPSA) is 17.8 Å². The minimum Gasteiger partial charge on any atom is -0.308 e. The van der Waals surface area contributed by atoms with E-state index in [1.807, 2.05) is 0 Å². The van der Waals surface area contributed by atoms with Crippen LogP contribution >= 0.6 is 8.19 Å². The highest BCUT2D eigenvalue weighted by Crippen LogP contribution is 2.64. The Balaban J connectivity index is 1.19. The molecule has 1 atom stereocenters. The highest BCUT2D eigenvalue weighted by atomic mass is 31.0. The van der Waals surface area contributed by atoms with Crippen LogP contribution in [-0.2, 0) is 5.41 Å². The summed E-state index contributed by atoms with van der Waals surface area (Å²) < 4.78 is 2.53. The van der Waals surface area contributed by atoms with Gasteiger partial charge in [-0.1, -0.05) is 184 Å². The number of nitrogens with zero attached hydrogens (tertiary/aromatic N) is 2. The minimum atomic E-state index is -0.565. The van der Waals surface area contributed by atoms with Crippen LogP contribution in [-0.4, -0.2) is 9.55 Å². The Labute approximate surface area is 327 Å². The van der Waals surface area contributed by atoms with E-state index in [9.17, 15) is 0 Å². The molecule has 10 aromatic rings. The van der Waals surface area contributed by atoms with E-state index in [4.69, 9.17) is 4.98 Å². The lowest BCUT2D eigenvalue weighted by Crippen LogP contribution is -2.33. The molecule has 0 bridgehead atoms. The van der Waals surface area contributed by atoms with Crippen molar-refractivity contribution in [3.05, 3.63) is 222 Å². The summed E-state index contributed by atoms with van der Waals surface area (Å²) in [5.74, 6) is 2.31. The molecule has 1 aliphatic carbocycles. The molecule has 12 rings (SSSR count). The van der Waals surface area contributed by atoms with Crippen LogP contribution in [0.3, 0.4) is 0 Å². The van der Waals surface area contributed by atoms with Gasteiger partial charge in [-0.15, -0.1) is 0 Å². The highest BCUT2D eigenvalue weighted by molar-refractivity contribution is 7.30. The van der Waals surface area contributed by atoms with E-state index in [0.717, 1.165) is 22.5 Å². The number of fused-ring (bicyclic) bond motifs is 12. The molecule has 56 heavy (non-hydrogen) atoms. The molecule has 3 aromatic heterocycles. The molecule has 0 N–H and O–H groups in total. The van der Waals surface area contributed by atoms with Crippen molar-refractivity contribution >= 4 is 30.0 Å². The van der Waals surface area contributed by atoms with Gasteiger partial charge >= 0.3 is 0 Å². The molecule has 0 fully saturated rings. The summed E-state index contributed by atoms with van der Waals surface area (Å²) in [6, 6.07) is 71.1. The van der Waals surface area contributed by atoms with Crippen LogP contribution in [0.15, 0.2) is 200 Å². The predicted octanol–water partition coefficient (Wildman–Crippen LogP) is 14.1. The molecular formula is C53H33N2P. The van der Waals surface area contributed by atoms with E-state index in [2.05, 4.69) is 204 Å². The van der Waals surface area contributed by atoms with Gasteiger partial charge in [0.05, 0.1) is 33.5 Å². The monoisotopic (exact) mass is 728 g/mol. The van der Waals surface area contributed by atoms with Gasteiger partial charge in [0, 0.05) is 32.8 Å². The molecule has 0 amide bonds. The molecule has 1 spiro atoms. The largest absolute Gasteiger partial charge is 0.308 e. The van der Waals surface area contributed by atoms with Crippen LogP contribution < -0.4 is 0 Å². The van der Waals surface area contributed by atoms with Gasteiger partial charge in [0.2, 0.25) is 0 Å². The number of aromatic nitrogens is 2. The molecule has 1 unspecified atom stereocenters. The van der Waals surface area contributed by atoms with Crippen LogP contribution in [0, 0.1) is 0 Å². The first-order valence-electron chi connectivity index (χ1n) is 19.2. The summed E-state index contributed by atoms with van der Waals surface area (Å²) in [4.78, 5) is 5.76. The quantitative estimate of drug-likeness (QED) is 0.176. The lowest BCUT2D eigenvalue weighted by Gasteiger charge is -2.39. The van der Waals surface area contributed by atoms with E-state index in [-0.39, 0.29) is 0 Å². The van der Waals surface area contributed by atoms with E-state index in [1.165, 1.54) is 91.1 Å². The Morgan fingerprint density at radius 1 is 0.446 bits per heavy atom. The van der Waals surface area contributed by atoms with Crippen molar-refractivity contribution < 1.29 is 0 Å². The Bertz CT molecular complexity index is 3160. The lowest BCUT2D eigenvalue weighted by molar-refractivity contribution is 0.765. The second-order valence-electron chi connectivity index (χ2n) is 14.9. The van der Waals surface area contributed by atoms with Gasteiger partial charge in [-0.05, 0) is 68.5 Å². The second kappa shape index (κ2) is 12.1. The van der Waals surface area contributed by atoms with Crippen LogP contribution in [0.4, 0.5) is 0 Å². The maximum absolute atomic E-state index is 5.76. The van der Waals surface area contributed by atoms with Gasteiger partial charge in [0.15, 0.2) is 0 Å². The summed E-state index contributed by atoms with van der Waals surface area (Å²) in [6.07, 6.45) is 0. The highest BCUT2D eigenvalue weighted by Gasteiger charge is 2.53. The molecule has 4 heterocycles. The summed E-state index contributed by atoms with van der Waals surface area (Å²) in [5, 5.41) is 3.94. The number of hydrogen-bond donors (Lipinski definition) is 0. The van der Waals surface area contributed by atoms with Crippen LogP contribution in [0.1, 0.15) is 22.0 Å². The van der Waals surface area contributed by atoms with Crippen LogP contribution in [0.25, 0.3) is 83.4 Å². The van der Waals surface area contributed by atoms with Gasteiger partial charge in [-0.25, -0.2) is 4.98 Å². The summed E-state index contributed by atoms with van der Waals surface area (Å²) >= 11 is 0. The Hall–Kier alpha value is -6.86. The van der Waals surface area contributed by atoms with Crippen molar-refractivity contribution in [2.24, 2.45) is 0 Å². The number of rotatable bonds is 4. The predicted molar refractivity (Wildman–Crippen MR) is 234 cm³/mol. The lowest BCUT2D eigenvalue weighted by atomic mass is 9.68. The van der Waals surface area contributed by atoms with Crippen molar-refractivity contribution in [1.82, 2.24) is 9.55 Å². The molecule has 1 aliphatic heterocycles. The fraction of sp³-hybridized carbons (Fsp3) is 0.0189. The molecule has 0 radical (unpaired) electrons. The zero-order valence-electron chi connectivity index (χ0n) is 30.4. The average molecular weight is 729 g/mol. The maximum Gasteiger partial charge on any atom is 0.0818 e. The number of para-hydroxylation sites is 2. The van der Waals surface area contributed by atoms with Gasteiger partial charge < -0.3 is 4.57 Å². The zero-order chi connectivity index (χ0) is 36.8. The van der Waals surface area contributed by atoms with Crippen molar-refractivity contribution in [3.63, 3.8) is 0 Å². The summed E-state index contributed by atoms with van der Waals surface area (Å²) in [6.45, 7) is 0. The first-order valence-corrected chi connectivity index (χ1v) is 20.2. The molecule has 260 valence electrons. The fourth-order valence-corrected chi connectivity index (χ4v) is 10.9. The first kappa shape index (κ1) is 31.5. The van der Waals surface area contributed by atoms with E-state index >= 15 is 0 Å². The molecule has 7 aromatic carbocycles. The number of hydrogen-bond acceptors (Lipinski definition) is 1. The Kier molecular flexibility index (Phi) is 6.79. The van der Waals surface area contributed by atoms with Crippen LogP contribution in [0.2, 0.25) is 0 Å². The minimum absolute atomic E-state index is 0.565. The van der Waals surface area contributed by atoms with Crippen molar-refractivity contribution in [3.8, 4) is 61.6 Å². The van der Waals surface area contributed by atoms with Crippen molar-refractivity contribution in [2.75, 3.05) is 0 Å². The van der Waals surface area contributed by atoms with Crippen LogP contribution in [0.5, 0.6) is 0 Å². The third-order valence-corrected chi connectivity index (χ3v) is 13.2. The molecular weight excluding hydrogens is 696 g/mol. The fourth-order valence-electron chi connectivity index (χ4n) is 9.68. The molecule has 2 nitrogen and oxygen atoms in total. The molecule has 2 aliphatic rings. The normalized spacial score (nSPS) is 15.0. The Morgan fingerprint density at radius 3 is 1.79 bits per heavy atom. The van der Waals surface area contributed by atoms with Gasteiger partial charge in [0.25, 0.3) is 0 Å². The molecule has 3 heteroatoms. The number of pyridine rings is 1. The van der Waals surface area contributed by atoms with Crippen molar-refractivity contribution in [1.29, 1.82) is 0 Å². The second-order valence-corrected chi connectivity index (χ2v) is 15.9. The van der Waals surface area contributed by atoms with Gasteiger partial charge in [0.1, 0.15) is 0 Å². The smallest absolute Gasteiger partial charge is 0.0818 e. The number of benzene rings is 7. The molecule has 0 saturated heterocycles. The third kappa shape index (κ3) is 4.34.